The van der Waals surface area contributed by atoms with E-state index in [9.17, 15) is 4.39 Å². The van der Waals surface area contributed by atoms with Crippen molar-refractivity contribution in [2.24, 2.45) is 0 Å². The van der Waals surface area contributed by atoms with Gasteiger partial charge >= 0.3 is 0 Å². The molecule has 174 valence electrons. The van der Waals surface area contributed by atoms with Crippen LogP contribution in [0.15, 0.2) is 78.9 Å². The predicted octanol–water partition coefficient (Wildman–Crippen LogP) is 7.27. The Hall–Kier alpha value is -3.77. The first-order chi connectivity index (χ1) is 17.2. The second-order valence-electron chi connectivity index (χ2n) is 8.83. The molecule has 0 spiro atoms. The predicted molar refractivity (Wildman–Crippen MR) is 138 cm³/mol. The van der Waals surface area contributed by atoms with E-state index in [1.165, 1.54) is 25.0 Å². The minimum Gasteiger partial charge on any atom is -0.351 e. The molecule has 0 unspecified atom stereocenters. The van der Waals surface area contributed by atoms with Crippen molar-refractivity contribution in [1.29, 1.82) is 0 Å². The van der Waals surface area contributed by atoms with Gasteiger partial charge in [-0.05, 0) is 55.3 Å². The van der Waals surface area contributed by atoms with E-state index in [1.54, 1.807) is 22.7 Å². The summed E-state index contributed by atoms with van der Waals surface area (Å²) >= 11 is 6.51. The zero-order chi connectivity index (χ0) is 23.8. The standard InChI is InChI=1S/C28H23ClFN5/c29-25-12-6-11-24-26(27(34-35(24)25)19-13-15-20(30)16-14-19)23-17-22(18-7-2-1-3-8-18)32-28(33-23)31-21-9-4-5-10-21/h1-3,6-8,11-17,21H,4-5,9-10H2,(H,31,32,33). The molecule has 0 radical (unpaired) electrons. The van der Waals surface area contributed by atoms with Crippen molar-refractivity contribution in [2.45, 2.75) is 31.7 Å². The van der Waals surface area contributed by atoms with Gasteiger partial charge in [0.2, 0.25) is 5.95 Å². The lowest BCUT2D eigenvalue weighted by Crippen LogP contribution is -2.17. The highest BCUT2D eigenvalue weighted by atomic mass is 35.5. The number of nitrogens with one attached hydrogen (secondary N) is 1. The summed E-state index contributed by atoms with van der Waals surface area (Å²) in [6, 6.07) is 24.4. The molecule has 35 heavy (non-hydrogen) atoms. The number of hydrogen-bond donors (Lipinski definition) is 1. The Labute approximate surface area is 207 Å². The molecule has 1 saturated carbocycles. The highest BCUT2D eigenvalue weighted by Gasteiger charge is 2.22. The average Bonchev–Trinajstić information content (AvgIpc) is 3.53. The van der Waals surface area contributed by atoms with Gasteiger partial charge in [0.05, 0.1) is 22.5 Å². The molecule has 3 heterocycles. The topological polar surface area (TPSA) is 55.1 Å². The number of nitrogens with zero attached hydrogens (tertiary/aromatic N) is 4. The summed E-state index contributed by atoms with van der Waals surface area (Å²) in [5.41, 5.74) is 5.67. The van der Waals surface area contributed by atoms with Crippen molar-refractivity contribution in [3.05, 3.63) is 89.8 Å². The van der Waals surface area contributed by atoms with Crippen LogP contribution < -0.4 is 5.32 Å². The number of hydrogen-bond acceptors (Lipinski definition) is 4. The number of aromatic nitrogens is 4. The molecule has 7 heteroatoms. The SMILES string of the molecule is Fc1ccc(-c2nn3c(Cl)cccc3c2-c2cc(-c3ccccc3)nc(NC3CCCC3)n2)cc1. The Morgan fingerprint density at radius 3 is 2.34 bits per heavy atom. The molecule has 0 aliphatic heterocycles. The van der Waals surface area contributed by atoms with Crippen LogP contribution in [0.4, 0.5) is 10.3 Å². The van der Waals surface area contributed by atoms with Crippen LogP contribution in [0.25, 0.3) is 39.3 Å². The summed E-state index contributed by atoms with van der Waals surface area (Å²) < 4.78 is 15.4. The summed E-state index contributed by atoms with van der Waals surface area (Å²) in [5.74, 6) is 0.299. The van der Waals surface area contributed by atoms with Crippen molar-refractivity contribution in [3.8, 4) is 33.8 Å². The quantitative estimate of drug-likeness (QED) is 0.267. The number of fused-ring (bicyclic) bond motifs is 1. The Morgan fingerprint density at radius 2 is 1.57 bits per heavy atom. The fraction of sp³-hybridized carbons (Fsp3) is 0.179. The van der Waals surface area contributed by atoms with E-state index >= 15 is 0 Å². The van der Waals surface area contributed by atoms with Gasteiger partial charge in [0.15, 0.2) is 0 Å². The fourth-order valence-corrected chi connectivity index (χ4v) is 4.95. The van der Waals surface area contributed by atoms with Gasteiger partial charge in [0.25, 0.3) is 0 Å². The molecular formula is C28H23ClFN5. The van der Waals surface area contributed by atoms with Crippen LogP contribution in [-0.4, -0.2) is 25.6 Å². The Bertz CT molecular complexity index is 1490. The van der Waals surface area contributed by atoms with Crippen LogP contribution in [0.5, 0.6) is 0 Å². The summed E-state index contributed by atoms with van der Waals surface area (Å²) in [4.78, 5) is 9.82. The van der Waals surface area contributed by atoms with E-state index in [1.807, 2.05) is 48.5 Å². The molecule has 1 aliphatic rings. The molecular weight excluding hydrogens is 461 g/mol. The molecule has 1 fully saturated rings. The van der Waals surface area contributed by atoms with E-state index < -0.39 is 0 Å². The molecule has 5 nitrogen and oxygen atoms in total. The molecule has 1 aliphatic carbocycles. The van der Waals surface area contributed by atoms with E-state index in [-0.39, 0.29) is 5.82 Å². The van der Waals surface area contributed by atoms with Crippen molar-refractivity contribution in [3.63, 3.8) is 0 Å². The van der Waals surface area contributed by atoms with Gasteiger partial charge in [-0.1, -0.05) is 60.8 Å². The third-order valence-electron chi connectivity index (χ3n) is 6.47. The summed E-state index contributed by atoms with van der Waals surface area (Å²) in [5, 5.41) is 8.84. The molecule has 1 N–H and O–H groups in total. The minimum absolute atomic E-state index is 0.298. The Kier molecular flexibility index (Phi) is 5.66. The van der Waals surface area contributed by atoms with Gasteiger partial charge in [-0.3, -0.25) is 0 Å². The Morgan fingerprint density at radius 1 is 0.829 bits per heavy atom. The zero-order valence-electron chi connectivity index (χ0n) is 19.0. The lowest BCUT2D eigenvalue weighted by molar-refractivity contribution is 0.628. The molecule has 0 atom stereocenters. The molecule has 3 aromatic heterocycles. The lowest BCUT2D eigenvalue weighted by atomic mass is 10.0. The van der Waals surface area contributed by atoms with Gasteiger partial charge in [-0.25, -0.2) is 18.9 Å². The van der Waals surface area contributed by atoms with Crippen molar-refractivity contribution >= 4 is 23.1 Å². The molecule has 0 saturated heterocycles. The second kappa shape index (κ2) is 9.12. The summed E-state index contributed by atoms with van der Waals surface area (Å²) in [7, 11) is 0. The highest BCUT2D eigenvalue weighted by molar-refractivity contribution is 6.29. The number of pyridine rings is 1. The number of benzene rings is 2. The van der Waals surface area contributed by atoms with Crippen LogP contribution in [0.2, 0.25) is 5.15 Å². The maximum Gasteiger partial charge on any atom is 0.224 e. The Balaban J connectivity index is 1.58. The molecule has 2 aromatic carbocycles. The molecule has 0 amide bonds. The van der Waals surface area contributed by atoms with Gasteiger partial charge in [0.1, 0.15) is 16.7 Å². The van der Waals surface area contributed by atoms with Gasteiger partial charge in [-0.2, -0.15) is 5.10 Å². The second-order valence-corrected chi connectivity index (χ2v) is 9.22. The van der Waals surface area contributed by atoms with Crippen molar-refractivity contribution in [2.75, 3.05) is 5.32 Å². The van der Waals surface area contributed by atoms with Crippen molar-refractivity contribution in [1.82, 2.24) is 19.6 Å². The minimum atomic E-state index is -0.298. The highest BCUT2D eigenvalue weighted by Crippen LogP contribution is 2.37. The van der Waals surface area contributed by atoms with Crippen LogP contribution in [0.3, 0.4) is 0 Å². The zero-order valence-corrected chi connectivity index (χ0v) is 19.7. The van der Waals surface area contributed by atoms with E-state index in [0.29, 0.717) is 22.8 Å². The van der Waals surface area contributed by atoms with Crippen molar-refractivity contribution < 1.29 is 4.39 Å². The molecule has 0 bridgehead atoms. The average molecular weight is 484 g/mol. The number of halogens is 2. The largest absolute Gasteiger partial charge is 0.351 e. The van der Waals surface area contributed by atoms with Gasteiger partial charge in [-0.15, -0.1) is 0 Å². The number of rotatable bonds is 5. The first kappa shape index (κ1) is 21.7. The first-order valence-electron chi connectivity index (χ1n) is 11.8. The maximum absolute atomic E-state index is 13.7. The van der Waals surface area contributed by atoms with Crippen LogP contribution in [0.1, 0.15) is 25.7 Å². The van der Waals surface area contributed by atoms with Crippen LogP contribution >= 0.6 is 11.6 Å². The molecule has 5 aromatic rings. The van der Waals surface area contributed by atoms with Crippen LogP contribution in [0, 0.1) is 5.82 Å². The fourth-order valence-electron chi connectivity index (χ4n) is 4.75. The molecule has 6 rings (SSSR count). The smallest absolute Gasteiger partial charge is 0.224 e. The normalized spacial score (nSPS) is 14.0. The summed E-state index contributed by atoms with van der Waals surface area (Å²) in [6.45, 7) is 0. The third-order valence-corrected chi connectivity index (χ3v) is 6.76. The van der Waals surface area contributed by atoms with Crippen LogP contribution in [-0.2, 0) is 0 Å². The monoisotopic (exact) mass is 483 g/mol. The van der Waals surface area contributed by atoms with E-state index in [4.69, 9.17) is 26.7 Å². The lowest BCUT2D eigenvalue weighted by Gasteiger charge is -2.14. The third kappa shape index (κ3) is 4.26. The van der Waals surface area contributed by atoms with Gasteiger partial charge < -0.3 is 5.32 Å². The first-order valence-corrected chi connectivity index (χ1v) is 12.2. The maximum atomic E-state index is 13.7. The summed E-state index contributed by atoms with van der Waals surface area (Å²) in [6.07, 6.45) is 4.65. The number of anilines is 1. The van der Waals surface area contributed by atoms with E-state index in [2.05, 4.69) is 5.32 Å². The van der Waals surface area contributed by atoms with Gasteiger partial charge in [0, 0.05) is 17.2 Å². The van der Waals surface area contributed by atoms with E-state index in [0.717, 1.165) is 46.4 Å².